The van der Waals surface area contributed by atoms with Gasteiger partial charge in [-0.25, -0.2) is 0 Å². The van der Waals surface area contributed by atoms with Crippen LogP contribution in [0.5, 0.6) is 57.5 Å². The number of benzene rings is 11. The van der Waals surface area contributed by atoms with Gasteiger partial charge in [0.15, 0.2) is 0 Å². The second-order valence-corrected chi connectivity index (χ2v) is 22.8. The summed E-state index contributed by atoms with van der Waals surface area (Å²) >= 11 is 11.8. The van der Waals surface area contributed by atoms with E-state index in [0.29, 0.717) is 80.8 Å². The van der Waals surface area contributed by atoms with E-state index in [0.717, 1.165) is 11.1 Å². The zero-order valence-electron chi connectivity index (χ0n) is 53.3. The Hall–Kier alpha value is -12.8. The van der Waals surface area contributed by atoms with Gasteiger partial charge in [0, 0.05) is 43.4 Å². The second-order valence-electron chi connectivity index (χ2n) is 21.9. The molecule has 0 radical (unpaired) electrons. The predicted molar refractivity (Wildman–Crippen MR) is 373 cm³/mol. The van der Waals surface area contributed by atoms with E-state index in [2.05, 4.69) is 0 Å². The topological polar surface area (TPSA) is 195 Å². The first-order valence-electron chi connectivity index (χ1n) is 31.0. The Balaban J connectivity index is 0.000000146. The van der Waals surface area contributed by atoms with Crippen molar-refractivity contribution in [1.29, 1.82) is 0 Å². The molecular weight excluding hydrogens is 1310 g/mol. The Bertz CT molecular complexity index is 4630. The van der Waals surface area contributed by atoms with Crippen LogP contribution in [0.25, 0.3) is 0 Å². The number of fused-ring (bicyclic) bond motifs is 3. The number of allylic oxidation sites excluding steroid dienone is 6. The van der Waals surface area contributed by atoms with Crippen LogP contribution in [-0.2, 0) is 13.2 Å². The van der Waals surface area contributed by atoms with Crippen LogP contribution in [0.2, 0.25) is 10.0 Å². The molecule has 0 saturated carbocycles. The van der Waals surface area contributed by atoms with Crippen LogP contribution in [0.3, 0.4) is 0 Å². The van der Waals surface area contributed by atoms with Gasteiger partial charge in [0.2, 0.25) is 69.3 Å². The second kappa shape index (κ2) is 31.4. The van der Waals surface area contributed by atoms with Gasteiger partial charge in [-0.2, -0.15) is 0 Å². The molecule has 0 N–H and O–H groups in total. The Kier molecular flexibility index (Phi) is 21.1. The van der Waals surface area contributed by atoms with E-state index < -0.39 is 34.7 Å². The largest absolute Gasteiger partial charge is 0.497 e. The van der Waals surface area contributed by atoms with Crippen molar-refractivity contribution in [2.24, 2.45) is 0 Å². The van der Waals surface area contributed by atoms with Crippen molar-refractivity contribution < 1.29 is 76.1 Å². The third-order valence-corrected chi connectivity index (χ3v) is 15.8. The molecule has 0 atom stereocenters. The van der Waals surface area contributed by atoms with Gasteiger partial charge in [-0.15, -0.1) is 0 Å². The van der Waals surface area contributed by atoms with Crippen LogP contribution in [0.15, 0.2) is 314 Å². The van der Waals surface area contributed by atoms with Crippen molar-refractivity contribution in [3.8, 4) is 57.5 Å². The summed E-state index contributed by atoms with van der Waals surface area (Å²) in [6.07, 6.45) is 0. The maximum Gasteiger partial charge on any atom is 0.233 e. The van der Waals surface area contributed by atoms with Crippen molar-refractivity contribution in [3.63, 3.8) is 0 Å². The number of ketones is 6. The summed E-state index contributed by atoms with van der Waals surface area (Å²) in [6, 6.07) is 79.5. The van der Waals surface area contributed by atoms with E-state index in [1.165, 1.54) is 0 Å². The summed E-state index contributed by atoms with van der Waals surface area (Å²) in [6.45, 7) is 0.841. The number of Topliss-reactive ketones (excluding diaryl/α,β-unsaturated/α-hetero) is 6. The average Bonchev–Trinajstić information content (AvgIpc) is 0.779. The summed E-state index contributed by atoms with van der Waals surface area (Å²) in [5.41, 5.74) is 3.69. The minimum Gasteiger partial charge on any atom is -0.497 e. The fourth-order valence-electron chi connectivity index (χ4n) is 10.2. The molecule has 11 aromatic carbocycles. The number of carbonyl (C=O) groups is 6. The number of methoxy groups -OCH3 is 2. The molecule has 0 unspecified atom stereocenters. The molecule has 3 aliphatic carbocycles. The number of ether oxygens (including phenoxy) is 10. The highest BCUT2D eigenvalue weighted by Crippen LogP contribution is 2.36. The standard InChI is InChI=1S/C36H26O6.C24H18O6.C22H12Cl2O4/c37-33-31-13-7-8-14-32(31)34(38)36(42-30-21-17-28(18-22-30)40-24-26-11-5-2-6-12-26)35(33)41-29-19-15-27(16-20-29)39-23-25-9-3-1-4-10-25;1-27-15-7-11-17(12-8-15)29-23-21(25)19-5-3-4-6-20(19)22(26)24(23)30-18-13-9-16(28-2)10-14-18;23-13-5-9-15(10-6-13)27-21-19(25)17-3-1-2-4-18(17)20(26)22(21)28-16-11-7-14(24)8-12-16/h1-22H,23-24H2;3-14H,1-2H3;1-12H. The first kappa shape index (κ1) is 67.2. The molecule has 494 valence electrons. The number of carbonyl (C=O) groups excluding carboxylic acids is 6. The normalized spacial score (nSPS) is 12.9. The minimum atomic E-state index is -0.438. The average molecular weight is 1370 g/mol. The Morgan fingerprint density at radius 3 is 0.610 bits per heavy atom. The van der Waals surface area contributed by atoms with Crippen LogP contribution in [0.1, 0.15) is 73.3 Å². The van der Waals surface area contributed by atoms with E-state index >= 15 is 0 Å². The highest BCUT2D eigenvalue weighted by molar-refractivity contribution is 6.31. The smallest absolute Gasteiger partial charge is 0.233 e. The quantitative estimate of drug-likeness (QED) is 0.0698. The van der Waals surface area contributed by atoms with Gasteiger partial charge >= 0.3 is 0 Å². The van der Waals surface area contributed by atoms with Gasteiger partial charge in [0.1, 0.15) is 70.7 Å². The van der Waals surface area contributed by atoms with E-state index in [-0.39, 0.29) is 67.9 Å². The molecule has 3 aliphatic rings. The predicted octanol–water partition coefficient (Wildman–Crippen LogP) is 17.8. The number of halogens is 2. The molecule has 0 amide bonds. The molecule has 16 nitrogen and oxygen atoms in total. The zero-order chi connectivity index (χ0) is 69.5. The van der Waals surface area contributed by atoms with Crippen LogP contribution in [0.4, 0.5) is 0 Å². The van der Waals surface area contributed by atoms with Crippen LogP contribution in [0, 0.1) is 0 Å². The third-order valence-electron chi connectivity index (χ3n) is 15.3. The molecule has 0 aromatic heterocycles. The van der Waals surface area contributed by atoms with Gasteiger partial charge in [0.25, 0.3) is 0 Å². The Labute approximate surface area is 583 Å². The molecule has 18 heteroatoms. The van der Waals surface area contributed by atoms with E-state index in [9.17, 15) is 28.8 Å². The number of rotatable bonds is 20. The molecule has 0 spiro atoms. The molecule has 0 bridgehead atoms. The van der Waals surface area contributed by atoms with E-state index in [1.807, 2.05) is 60.7 Å². The van der Waals surface area contributed by atoms with Gasteiger partial charge < -0.3 is 47.4 Å². The van der Waals surface area contributed by atoms with Crippen molar-refractivity contribution >= 4 is 57.9 Å². The van der Waals surface area contributed by atoms with Crippen LogP contribution >= 0.6 is 23.2 Å². The van der Waals surface area contributed by atoms with Crippen LogP contribution in [-0.4, -0.2) is 48.9 Å². The molecule has 0 heterocycles. The fourth-order valence-corrected chi connectivity index (χ4v) is 10.5. The number of hydrogen-bond acceptors (Lipinski definition) is 16. The molecule has 11 aromatic rings. The summed E-state index contributed by atoms with van der Waals surface area (Å²) < 4.78 is 57.2. The lowest BCUT2D eigenvalue weighted by atomic mass is 9.92. The SMILES string of the molecule is COc1ccc(OC2=C(Oc3ccc(OC)cc3)C(=O)c3ccccc3C2=O)cc1.O=C1C(Oc2ccc(Cl)cc2)=C(Oc2ccc(Cl)cc2)C(=O)c2ccccc21.O=C1C(Oc2ccc(OCc3ccccc3)cc2)=C(Oc2ccc(OCc3ccccc3)cc2)C(=O)c2ccccc21. The van der Waals surface area contributed by atoms with Crippen molar-refractivity contribution in [2.75, 3.05) is 14.2 Å². The number of hydrogen-bond donors (Lipinski definition) is 0. The van der Waals surface area contributed by atoms with E-state index in [4.69, 9.17) is 70.6 Å². The molecule has 0 saturated heterocycles. The summed E-state index contributed by atoms with van der Waals surface area (Å²) in [5.74, 6) is 1.11. The first-order chi connectivity index (χ1) is 48.8. The van der Waals surface area contributed by atoms with Gasteiger partial charge in [-0.05, 0) is 157 Å². The lowest BCUT2D eigenvalue weighted by Crippen LogP contribution is -2.27. The highest BCUT2D eigenvalue weighted by atomic mass is 35.5. The molecular formula is C82H56Cl2O16. The molecule has 0 aliphatic heterocycles. The Morgan fingerprint density at radius 1 is 0.220 bits per heavy atom. The van der Waals surface area contributed by atoms with Crippen molar-refractivity contribution in [3.05, 3.63) is 368 Å². The lowest BCUT2D eigenvalue weighted by molar-refractivity contribution is 0.0897. The van der Waals surface area contributed by atoms with Gasteiger partial charge in [-0.3, -0.25) is 28.8 Å². The van der Waals surface area contributed by atoms with Gasteiger partial charge in [-0.1, -0.05) is 157 Å². The van der Waals surface area contributed by atoms with Crippen molar-refractivity contribution in [2.45, 2.75) is 13.2 Å². The van der Waals surface area contributed by atoms with Crippen molar-refractivity contribution in [1.82, 2.24) is 0 Å². The molecule has 0 fully saturated rings. The Morgan fingerprint density at radius 2 is 0.400 bits per heavy atom. The van der Waals surface area contributed by atoms with E-state index in [1.54, 1.807) is 233 Å². The zero-order valence-corrected chi connectivity index (χ0v) is 54.8. The summed E-state index contributed by atoms with van der Waals surface area (Å²) in [5, 5.41) is 1.05. The molecule has 14 rings (SSSR count). The maximum absolute atomic E-state index is 13.5. The summed E-state index contributed by atoms with van der Waals surface area (Å²) in [4.78, 5) is 79.3. The summed E-state index contributed by atoms with van der Waals surface area (Å²) in [7, 11) is 3.11. The van der Waals surface area contributed by atoms with Gasteiger partial charge in [0.05, 0.1) is 14.2 Å². The lowest BCUT2D eigenvalue weighted by Gasteiger charge is -2.21. The maximum atomic E-state index is 13.5. The monoisotopic (exact) mass is 1370 g/mol. The minimum absolute atomic E-state index is 0.167. The van der Waals surface area contributed by atoms with Crippen LogP contribution < -0.4 is 47.4 Å². The fraction of sp³-hybridized carbons (Fsp3) is 0.0488. The molecule has 100 heavy (non-hydrogen) atoms. The highest BCUT2D eigenvalue weighted by Gasteiger charge is 2.39. The third kappa shape index (κ3) is 16.0. The first-order valence-corrected chi connectivity index (χ1v) is 31.7.